The lowest BCUT2D eigenvalue weighted by Gasteiger charge is -2.50. The molecule has 0 aromatic heterocycles. The van der Waals surface area contributed by atoms with Crippen molar-refractivity contribution >= 4 is 52.4 Å². The molecule has 9 rings (SSSR count). The van der Waals surface area contributed by atoms with Crippen LogP contribution in [0, 0.1) is 30.6 Å². The number of aromatic hydroxyl groups is 1. The number of phenols is 1. The maximum absolute atomic E-state index is 15.4. The molecule has 272 valence electrons. The van der Waals surface area contributed by atoms with Gasteiger partial charge in [0.2, 0.25) is 23.6 Å². The van der Waals surface area contributed by atoms with Crippen LogP contribution in [0.25, 0.3) is 0 Å². The molecule has 2 aliphatic heterocycles. The molecule has 3 fully saturated rings. The van der Waals surface area contributed by atoms with E-state index in [1.165, 1.54) is 9.80 Å². The molecule has 0 bridgehead atoms. The van der Waals surface area contributed by atoms with Crippen molar-refractivity contribution in [2.45, 2.75) is 31.1 Å². The van der Waals surface area contributed by atoms with Gasteiger partial charge in [0.15, 0.2) is 5.78 Å². The van der Waals surface area contributed by atoms with E-state index in [-0.39, 0.29) is 30.3 Å². The lowest BCUT2D eigenvalue weighted by Crippen LogP contribution is -2.53. The minimum Gasteiger partial charge on any atom is -0.507 e. The number of hydrogen-bond acceptors (Lipinski definition) is 6. The van der Waals surface area contributed by atoms with Crippen molar-refractivity contribution in [3.63, 3.8) is 0 Å². The second kappa shape index (κ2) is 13.0. The van der Waals surface area contributed by atoms with Gasteiger partial charge in [-0.2, -0.15) is 0 Å². The van der Waals surface area contributed by atoms with Gasteiger partial charge in [0.1, 0.15) is 5.75 Å². The Morgan fingerprint density at radius 2 is 1.38 bits per heavy atom. The Morgan fingerprint density at radius 3 is 2.09 bits per heavy atom. The van der Waals surface area contributed by atoms with Crippen LogP contribution in [-0.4, -0.2) is 34.5 Å². The van der Waals surface area contributed by atoms with Crippen LogP contribution in [-0.2, 0) is 24.6 Å². The van der Waals surface area contributed by atoms with E-state index in [9.17, 15) is 24.3 Å². The average molecular weight is 747 g/mol. The Balaban J connectivity index is 1.18. The number of para-hydroxylation sites is 1. The van der Waals surface area contributed by atoms with Gasteiger partial charge in [-0.3, -0.25) is 28.9 Å². The maximum atomic E-state index is 15.4. The van der Waals surface area contributed by atoms with E-state index in [4.69, 9.17) is 11.6 Å². The van der Waals surface area contributed by atoms with E-state index in [1.54, 1.807) is 91.9 Å². The average Bonchev–Trinajstić information content (AvgIpc) is 3.60. The highest BCUT2D eigenvalue weighted by Gasteiger charge is 2.70. The van der Waals surface area contributed by atoms with E-state index in [2.05, 4.69) is 0 Å². The second-order valence-electron chi connectivity index (χ2n) is 14.9. The number of carbonyl (C=O) groups is 5. The normalized spacial score (nSPS) is 25.7. The summed E-state index contributed by atoms with van der Waals surface area (Å²) in [6.45, 7) is 1.78. The number of phenolic OH excluding ortho intramolecular Hbond substituents is 1. The second-order valence-corrected chi connectivity index (χ2v) is 15.3. The molecule has 2 heterocycles. The van der Waals surface area contributed by atoms with Crippen molar-refractivity contribution in [1.29, 1.82) is 0 Å². The van der Waals surface area contributed by atoms with Crippen molar-refractivity contribution in [2.75, 3.05) is 9.80 Å². The third kappa shape index (κ3) is 5.08. The van der Waals surface area contributed by atoms with Crippen LogP contribution in [0.15, 0.2) is 139 Å². The van der Waals surface area contributed by atoms with Crippen molar-refractivity contribution in [3.05, 3.63) is 172 Å². The van der Waals surface area contributed by atoms with E-state index >= 15 is 4.79 Å². The van der Waals surface area contributed by atoms with Crippen molar-refractivity contribution in [3.8, 4) is 5.75 Å². The van der Waals surface area contributed by atoms with Gasteiger partial charge in [0, 0.05) is 27.6 Å². The lowest BCUT2D eigenvalue weighted by atomic mass is 9.49. The SMILES string of the molecule is Cc1cccc([C@H]2C3=CC[C@@H]4C(=O)N(c5ccc(C(=O)c6ccccc6)cc5)C(=O)[C@@H]4[C@@H]3C[C@H]3C(=O)N(c4cccc(Cl)c4)C(=O)[C@@]23c2ccccc2)c1O. The fourth-order valence-corrected chi connectivity index (χ4v) is 9.96. The molecule has 1 saturated carbocycles. The molecule has 2 saturated heterocycles. The summed E-state index contributed by atoms with van der Waals surface area (Å²) in [4.78, 5) is 74.8. The number of amides is 4. The number of rotatable bonds is 6. The standard InChI is InChI=1S/C46H35ClN2O6/c1-26-10-8-17-35(40(26)50)39-33-22-23-34-38(44(54)48(42(34)52)31-20-18-28(19-21-31)41(51)27-11-4-2-5-12-27)36(33)25-37-43(53)49(32-16-9-15-30(47)24-32)45(55)46(37,39)29-13-6-3-7-14-29/h2-22,24,34,36-39,50H,23,25H2,1H3/t34-,36+,37-,38-,39+,46+/m0/s1. The first-order valence-corrected chi connectivity index (χ1v) is 18.8. The zero-order valence-electron chi connectivity index (χ0n) is 29.8. The molecule has 4 aliphatic rings. The molecular formula is C46H35ClN2O6. The largest absolute Gasteiger partial charge is 0.507 e. The Kier molecular flexibility index (Phi) is 8.20. The van der Waals surface area contributed by atoms with Crippen molar-refractivity contribution in [2.24, 2.45) is 23.7 Å². The van der Waals surface area contributed by atoms with Gasteiger partial charge in [-0.1, -0.05) is 108 Å². The van der Waals surface area contributed by atoms with E-state index in [1.807, 2.05) is 48.5 Å². The van der Waals surface area contributed by atoms with Crippen LogP contribution in [0.5, 0.6) is 5.75 Å². The fraction of sp³-hybridized carbons (Fsp3) is 0.196. The Bertz CT molecular complexity index is 2460. The third-order valence-electron chi connectivity index (χ3n) is 12.2. The maximum Gasteiger partial charge on any atom is 0.246 e. The van der Waals surface area contributed by atoms with Gasteiger partial charge in [-0.05, 0) is 79.3 Å². The van der Waals surface area contributed by atoms with Gasteiger partial charge in [-0.15, -0.1) is 0 Å². The van der Waals surface area contributed by atoms with Crippen LogP contribution in [0.2, 0.25) is 5.02 Å². The zero-order valence-corrected chi connectivity index (χ0v) is 30.5. The molecule has 0 spiro atoms. The summed E-state index contributed by atoms with van der Waals surface area (Å²) < 4.78 is 0. The highest BCUT2D eigenvalue weighted by atomic mass is 35.5. The lowest BCUT2D eigenvalue weighted by molar-refractivity contribution is -0.127. The molecular weight excluding hydrogens is 712 g/mol. The van der Waals surface area contributed by atoms with Gasteiger partial charge in [0.05, 0.1) is 34.5 Å². The van der Waals surface area contributed by atoms with Crippen LogP contribution < -0.4 is 9.80 Å². The molecule has 8 nitrogen and oxygen atoms in total. The van der Waals surface area contributed by atoms with Gasteiger partial charge < -0.3 is 5.11 Å². The van der Waals surface area contributed by atoms with Crippen LogP contribution in [0.1, 0.15) is 51.4 Å². The first-order valence-electron chi connectivity index (χ1n) is 18.4. The van der Waals surface area contributed by atoms with E-state index < -0.39 is 52.7 Å². The highest BCUT2D eigenvalue weighted by molar-refractivity contribution is 6.32. The Hall–Kier alpha value is -6.12. The minimum atomic E-state index is -1.49. The molecule has 5 aromatic rings. The number of ketones is 1. The van der Waals surface area contributed by atoms with Crippen LogP contribution in [0.3, 0.4) is 0 Å². The first kappa shape index (κ1) is 34.6. The first-order chi connectivity index (χ1) is 26.6. The number of carbonyl (C=O) groups excluding carboxylic acids is 5. The topological polar surface area (TPSA) is 112 Å². The minimum absolute atomic E-state index is 0.00674. The number of hydrogen-bond donors (Lipinski definition) is 1. The van der Waals surface area contributed by atoms with Crippen LogP contribution >= 0.6 is 11.6 Å². The summed E-state index contributed by atoms with van der Waals surface area (Å²) in [5.41, 5.74) is 2.61. The number of halogens is 1. The summed E-state index contributed by atoms with van der Waals surface area (Å²) in [5, 5.41) is 12.2. The van der Waals surface area contributed by atoms with Crippen molar-refractivity contribution in [1.82, 2.24) is 0 Å². The summed E-state index contributed by atoms with van der Waals surface area (Å²) in [7, 11) is 0. The quantitative estimate of drug-likeness (QED) is 0.107. The van der Waals surface area contributed by atoms with E-state index in [0.717, 1.165) is 5.57 Å². The highest BCUT2D eigenvalue weighted by Crippen LogP contribution is 2.65. The van der Waals surface area contributed by atoms with E-state index in [0.29, 0.717) is 44.2 Å². The summed E-state index contributed by atoms with van der Waals surface area (Å²) >= 11 is 6.41. The molecule has 0 radical (unpaired) electrons. The number of nitrogens with zero attached hydrogens (tertiary/aromatic N) is 2. The molecule has 0 unspecified atom stereocenters. The number of benzene rings is 5. The molecule has 4 amide bonds. The van der Waals surface area contributed by atoms with Gasteiger partial charge in [0.25, 0.3) is 0 Å². The number of allylic oxidation sites excluding steroid dienone is 2. The van der Waals surface area contributed by atoms with Gasteiger partial charge >= 0.3 is 0 Å². The fourth-order valence-electron chi connectivity index (χ4n) is 9.78. The summed E-state index contributed by atoms with van der Waals surface area (Å²) in [5.74, 6) is -5.69. The molecule has 5 aromatic carbocycles. The molecule has 2 aliphatic carbocycles. The van der Waals surface area contributed by atoms with Crippen LogP contribution in [0.4, 0.5) is 11.4 Å². The predicted molar refractivity (Wildman–Crippen MR) is 208 cm³/mol. The number of anilines is 2. The zero-order chi connectivity index (χ0) is 38.2. The van der Waals surface area contributed by atoms with Crippen molar-refractivity contribution < 1.29 is 29.1 Å². The monoisotopic (exact) mass is 746 g/mol. The Labute approximate surface area is 322 Å². The summed E-state index contributed by atoms with van der Waals surface area (Å²) in [6.07, 6.45) is 2.33. The smallest absolute Gasteiger partial charge is 0.246 e. The number of aryl methyl sites for hydroxylation is 1. The number of imide groups is 2. The van der Waals surface area contributed by atoms with Gasteiger partial charge in [-0.25, -0.2) is 4.90 Å². The third-order valence-corrected chi connectivity index (χ3v) is 12.4. The molecule has 9 heteroatoms. The molecule has 55 heavy (non-hydrogen) atoms. The summed E-state index contributed by atoms with van der Waals surface area (Å²) in [6, 6.07) is 36.6. The number of fused-ring (bicyclic) bond motifs is 4. The Morgan fingerprint density at radius 1 is 0.709 bits per heavy atom. The molecule has 6 atom stereocenters. The predicted octanol–water partition coefficient (Wildman–Crippen LogP) is 7.95. The molecule has 1 N–H and O–H groups in total.